The first-order valence-corrected chi connectivity index (χ1v) is 7.50. The Labute approximate surface area is 129 Å². The summed E-state index contributed by atoms with van der Waals surface area (Å²) in [7, 11) is 0. The van der Waals surface area contributed by atoms with Gasteiger partial charge in [-0.1, -0.05) is 41.9 Å². The molecule has 3 nitrogen and oxygen atoms in total. The number of para-hydroxylation sites is 2. The van der Waals surface area contributed by atoms with E-state index in [1.165, 1.54) is 5.56 Å². The second-order valence-corrected chi connectivity index (χ2v) is 5.52. The fourth-order valence-corrected chi connectivity index (χ4v) is 2.87. The van der Waals surface area contributed by atoms with Gasteiger partial charge in [-0.05, 0) is 36.6 Å². The van der Waals surface area contributed by atoms with Crippen molar-refractivity contribution in [1.29, 1.82) is 0 Å². The third-order valence-electron chi connectivity index (χ3n) is 3.72. The van der Waals surface area contributed by atoms with E-state index in [1.54, 1.807) is 0 Å². The molecule has 0 aromatic heterocycles. The van der Waals surface area contributed by atoms with Gasteiger partial charge < -0.3 is 10.2 Å². The molecule has 1 aliphatic rings. The van der Waals surface area contributed by atoms with Gasteiger partial charge in [0.15, 0.2) is 0 Å². The van der Waals surface area contributed by atoms with Crippen molar-refractivity contribution in [2.75, 3.05) is 23.3 Å². The molecule has 1 aliphatic heterocycles. The molecule has 3 rings (SSSR count). The summed E-state index contributed by atoms with van der Waals surface area (Å²) in [5, 5.41) is 3.75. The third-order valence-corrected chi connectivity index (χ3v) is 4.04. The number of hydrogen-bond donors (Lipinski definition) is 1. The van der Waals surface area contributed by atoms with Gasteiger partial charge in [0.2, 0.25) is 5.91 Å². The normalized spacial score (nSPS) is 13.7. The van der Waals surface area contributed by atoms with Gasteiger partial charge in [-0.25, -0.2) is 0 Å². The van der Waals surface area contributed by atoms with Crippen molar-refractivity contribution in [1.82, 2.24) is 0 Å². The molecule has 0 radical (unpaired) electrons. The van der Waals surface area contributed by atoms with E-state index in [-0.39, 0.29) is 12.5 Å². The second-order valence-electron chi connectivity index (χ2n) is 5.11. The summed E-state index contributed by atoms with van der Waals surface area (Å²) < 4.78 is 0. The van der Waals surface area contributed by atoms with Crippen LogP contribution in [0.3, 0.4) is 0 Å². The molecule has 0 saturated heterocycles. The Morgan fingerprint density at radius 3 is 2.76 bits per heavy atom. The van der Waals surface area contributed by atoms with E-state index in [1.807, 2.05) is 47.4 Å². The van der Waals surface area contributed by atoms with Crippen LogP contribution < -0.4 is 10.2 Å². The van der Waals surface area contributed by atoms with Crippen LogP contribution in [0.5, 0.6) is 0 Å². The summed E-state index contributed by atoms with van der Waals surface area (Å²) in [4.78, 5) is 14.3. The molecule has 0 saturated carbocycles. The molecule has 0 unspecified atom stereocenters. The highest BCUT2D eigenvalue weighted by molar-refractivity contribution is 6.33. The molecule has 1 amide bonds. The third kappa shape index (κ3) is 3.03. The standard InChI is InChI=1S/C17H17ClN2O/c18-14-8-2-3-9-15(14)19-12-17(21)20-11-5-7-13-6-1-4-10-16(13)20/h1-4,6,8-10,19H,5,7,11-12H2. The van der Waals surface area contributed by atoms with Gasteiger partial charge in [0, 0.05) is 12.2 Å². The van der Waals surface area contributed by atoms with E-state index >= 15 is 0 Å². The number of nitrogens with zero attached hydrogens (tertiary/aromatic N) is 1. The molecule has 108 valence electrons. The molecule has 4 heteroatoms. The molecule has 1 N–H and O–H groups in total. The topological polar surface area (TPSA) is 32.3 Å². The zero-order valence-corrected chi connectivity index (χ0v) is 12.4. The highest BCUT2D eigenvalue weighted by Gasteiger charge is 2.21. The highest BCUT2D eigenvalue weighted by atomic mass is 35.5. The number of benzene rings is 2. The van der Waals surface area contributed by atoms with Crippen molar-refractivity contribution in [2.24, 2.45) is 0 Å². The predicted molar refractivity (Wildman–Crippen MR) is 87.1 cm³/mol. The van der Waals surface area contributed by atoms with Crippen LogP contribution in [0.25, 0.3) is 0 Å². The number of carbonyl (C=O) groups is 1. The maximum Gasteiger partial charge on any atom is 0.246 e. The molecule has 0 aliphatic carbocycles. The Kier molecular flexibility index (Phi) is 4.11. The van der Waals surface area contributed by atoms with Crippen LogP contribution in [0.1, 0.15) is 12.0 Å². The summed E-state index contributed by atoms with van der Waals surface area (Å²) in [5.41, 5.74) is 3.07. The molecule has 2 aromatic rings. The van der Waals surface area contributed by atoms with Crippen molar-refractivity contribution in [2.45, 2.75) is 12.8 Å². The lowest BCUT2D eigenvalue weighted by atomic mass is 10.0. The van der Waals surface area contributed by atoms with Crippen LogP contribution in [-0.2, 0) is 11.2 Å². The van der Waals surface area contributed by atoms with E-state index in [0.717, 1.165) is 30.8 Å². The first-order valence-electron chi connectivity index (χ1n) is 7.12. The number of carbonyl (C=O) groups excluding carboxylic acids is 1. The maximum atomic E-state index is 12.5. The minimum atomic E-state index is 0.0714. The second kappa shape index (κ2) is 6.19. The molecule has 21 heavy (non-hydrogen) atoms. The van der Waals surface area contributed by atoms with Crippen LogP contribution in [0.4, 0.5) is 11.4 Å². The van der Waals surface area contributed by atoms with E-state index < -0.39 is 0 Å². The van der Waals surface area contributed by atoms with Gasteiger partial charge >= 0.3 is 0 Å². The molecule has 0 spiro atoms. The van der Waals surface area contributed by atoms with E-state index in [0.29, 0.717) is 5.02 Å². The van der Waals surface area contributed by atoms with Crippen LogP contribution in [-0.4, -0.2) is 19.0 Å². The van der Waals surface area contributed by atoms with Gasteiger partial charge in [-0.3, -0.25) is 4.79 Å². The van der Waals surface area contributed by atoms with Crippen LogP contribution in [0.15, 0.2) is 48.5 Å². The Bertz CT molecular complexity index is 657. The largest absolute Gasteiger partial charge is 0.375 e. The predicted octanol–water partition coefficient (Wildman–Crippen LogP) is 3.73. The molecular weight excluding hydrogens is 284 g/mol. The van der Waals surface area contributed by atoms with Gasteiger partial charge in [0.25, 0.3) is 0 Å². The van der Waals surface area contributed by atoms with Crippen LogP contribution in [0.2, 0.25) is 5.02 Å². The maximum absolute atomic E-state index is 12.5. The number of hydrogen-bond acceptors (Lipinski definition) is 2. The Hall–Kier alpha value is -2.00. The first kappa shape index (κ1) is 14.0. The fourth-order valence-electron chi connectivity index (χ4n) is 2.66. The summed E-state index contributed by atoms with van der Waals surface area (Å²) in [5.74, 6) is 0.0714. The van der Waals surface area contributed by atoms with E-state index in [9.17, 15) is 4.79 Å². The van der Waals surface area contributed by atoms with Crippen molar-refractivity contribution >= 4 is 28.9 Å². The van der Waals surface area contributed by atoms with Gasteiger partial charge in [-0.15, -0.1) is 0 Å². The highest BCUT2D eigenvalue weighted by Crippen LogP contribution is 2.27. The van der Waals surface area contributed by atoms with Crippen LogP contribution in [0, 0.1) is 0 Å². The number of nitrogens with one attached hydrogen (secondary N) is 1. The molecular formula is C17H17ClN2O. The summed E-state index contributed by atoms with van der Waals surface area (Å²) >= 11 is 6.09. The van der Waals surface area contributed by atoms with Crippen molar-refractivity contribution in [3.05, 3.63) is 59.1 Å². The Balaban J connectivity index is 1.71. The summed E-state index contributed by atoms with van der Waals surface area (Å²) in [6.45, 7) is 1.03. The smallest absolute Gasteiger partial charge is 0.246 e. The molecule has 0 fully saturated rings. The number of rotatable bonds is 3. The summed E-state index contributed by atoms with van der Waals surface area (Å²) in [6.07, 6.45) is 2.05. The van der Waals surface area contributed by atoms with Crippen molar-refractivity contribution in [3.63, 3.8) is 0 Å². The molecule has 0 atom stereocenters. The van der Waals surface area contributed by atoms with Crippen LogP contribution >= 0.6 is 11.6 Å². The zero-order chi connectivity index (χ0) is 14.7. The number of amides is 1. The molecule has 2 aromatic carbocycles. The number of halogens is 1. The average Bonchev–Trinajstić information content (AvgIpc) is 2.53. The fraction of sp³-hybridized carbons (Fsp3) is 0.235. The van der Waals surface area contributed by atoms with Gasteiger partial charge in [0.1, 0.15) is 0 Å². The molecule has 1 heterocycles. The van der Waals surface area contributed by atoms with Gasteiger partial charge in [-0.2, -0.15) is 0 Å². The van der Waals surface area contributed by atoms with Crippen molar-refractivity contribution in [3.8, 4) is 0 Å². The summed E-state index contributed by atoms with van der Waals surface area (Å²) in [6, 6.07) is 15.6. The lowest BCUT2D eigenvalue weighted by Gasteiger charge is -2.29. The number of fused-ring (bicyclic) bond motifs is 1. The van der Waals surface area contributed by atoms with Gasteiger partial charge in [0.05, 0.1) is 17.3 Å². The quantitative estimate of drug-likeness (QED) is 0.936. The lowest BCUT2D eigenvalue weighted by Crippen LogP contribution is -2.39. The Morgan fingerprint density at radius 2 is 1.90 bits per heavy atom. The Morgan fingerprint density at radius 1 is 1.14 bits per heavy atom. The number of aryl methyl sites for hydroxylation is 1. The first-order chi connectivity index (χ1) is 10.3. The number of anilines is 2. The average molecular weight is 301 g/mol. The van der Waals surface area contributed by atoms with E-state index in [4.69, 9.17) is 11.6 Å². The van der Waals surface area contributed by atoms with E-state index in [2.05, 4.69) is 11.4 Å². The monoisotopic (exact) mass is 300 g/mol. The van der Waals surface area contributed by atoms with Crippen molar-refractivity contribution < 1.29 is 4.79 Å². The minimum absolute atomic E-state index is 0.0714. The zero-order valence-electron chi connectivity index (χ0n) is 11.7. The molecule has 0 bridgehead atoms. The lowest BCUT2D eigenvalue weighted by molar-refractivity contribution is -0.117. The SMILES string of the molecule is O=C(CNc1ccccc1Cl)N1CCCc2ccccc21. The minimum Gasteiger partial charge on any atom is -0.375 e.